The van der Waals surface area contributed by atoms with Crippen molar-refractivity contribution in [3.05, 3.63) is 83.9 Å². The molecule has 0 aromatic heterocycles. The summed E-state index contributed by atoms with van der Waals surface area (Å²) in [6.45, 7) is 0. The second kappa shape index (κ2) is 9.12. The zero-order chi connectivity index (χ0) is 20.6. The Hall–Kier alpha value is -4.22. The summed E-state index contributed by atoms with van der Waals surface area (Å²) in [6.07, 6.45) is 1.56. The maximum atomic E-state index is 8.94. The minimum absolute atomic E-state index is 0.0694. The lowest BCUT2D eigenvalue weighted by Gasteiger charge is -2.26. The summed E-state index contributed by atoms with van der Waals surface area (Å²) in [5.41, 5.74) is 3.73. The van der Waals surface area contributed by atoms with Crippen LogP contribution in [0.2, 0.25) is 0 Å². The lowest BCUT2D eigenvalue weighted by atomic mass is 10.1. The van der Waals surface area contributed by atoms with E-state index in [4.69, 9.17) is 20.0 Å². The van der Waals surface area contributed by atoms with Crippen LogP contribution in [0.5, 0.6) is 11.5 Å². The van der Waals surface area contributed by atoms with Crippen molar-refractivity contribution in [3.63, 3.8) is 0 Å². The van der Waals surface area contributed by atoms with E-state index in [0.717, 1.165) is 34.1 Å². The molecule has 3 aromatic carbocycles. The molecule has 0 fully saturated rings. The highest BCUT2D eigenvalue weighted by Gasteiger charge is 2.13. The summed E-state index contributed by atoms with van der Waals surface area (Å²) in [5, 5.41) is 17.9. The predicted molar refractivity (Wildman–Crippen MR) is 113 cm³/mol. The first kappa shape index (κ1) is 19.5. The first-order valence-corrected chi connectivity index (χ1v) is 8.88. The molecule has 5 heteroatoms. The molecule has 0 bridgehead atoms. The molecule has 0 aliphatic heterocycles. The zero-order valence-corrected chi connectivity index (χ0v) is 16.2. The normalized spacial score (nSPS) is 9.66. The number of benzene rings is 3. The first-order valence-electron chi connectivity index (χ1n) is 8.88. The molecule has 0 spiro atoms. The SMILES string of the molecule is COc1ccc(N(c2ccc(C=C(C#N)C#N)cc2)c2ccc(OC)cc2)cc1. The third-order valence-electron chi connectivity index (χ3n) is 4.36. The van der Waals surface area contributed by atoms with Crippen molar-refractivity contribution in [2.24, 2.45) is 0 Å². The largest absolute Gasteiger partial charge is 0.497 e. The Morgan fingerprint density at radius 2 is 1.07 bits per heavy atom. The summed E-state index contributed by atoms with van der Waals surface area (Å²) < 4.78 is 10.5. The van der Waals surface area contributed by atoms with Gasteiger partial charge in [-0.2, -0.15) is 10.5 Å². The van der Waals surface area contributed by atoms with Gasteiger partial charge in [0.1, 0.15) is 29.2 Å². The third-order valence-corrected chi connectivity index (χ3v) is 4.36. The van der Waals surface area contributed by atoms with Crippen molar-refractivity contribution in [1.82, 2.24) is 0 Å². The lowest BCUT2D eigenvalue weighted by molar-refractivity contribution is 0.415. The van der Waals surface area contributed by atoms with Crippen molar-refractivity contribution in [2.75, 3.05) is 19.1 Å². The highest BCUT2D eigenvalue weighted by molar-refractivity contribution is 5.77. The van der Waals surface area contributed by atoms with Crippen molar-refractivity contribution in [1.29, 1.82) is 10.5 Å². The summed E-state index contributed by atoms with van der Waals surface area (Å²) in [7, 11) is 3.28. The van der Waals surface area contributed by atoms with E-state index in [9.17, 15) is 0 Å². The fraction of sp³-hybridized carbons (Fsp3) is 0.0833. The van der Waals surface area contributed by atoms with Gasteiger partial charge in [-0.05, 0) is 72.3 Å². The Balaban J connectivity index is 2.03. The summed E-state index contributed by atoms with van der Waals surface area (Å²) in [4.78, 5) is 2.10. The quantitative estimate of drug-likeness (QED) is 0.520. The number of nitriles is 2. The topological polar surface area (TPSA) is 69.3 Å². The van der Waals surface area contributed by atoms with Crippen LogP contribution in [0, 0.1) is 22.7 Å². The van der Waals surface area contributed by atoms with E-state index < -0.39 is 0 Å². The highest BCUT2D eigenvalue weighted by Crippen LogP contribution is 2.36. The van der Waals surface area contributed by atoms with E-state index in [1.165, 1.54) is 0 Å². The maximum Gasteiger partial charge on any atom is 0.130 e. The number of allylic oxidation sites excluding steroid dienone is 1. The molecule has 0 aliphatic carbocycles. The van der Waals surface area contributed by atoms with Crippen molar-refractivity contribution < 1.29 is 9.47 Å². The average molecular weight is 381 g/mol. The van der Waals surface area contributed by atoms with Crippen LogP contribution in [0.1, 0.15) is 5.56 Å². The summed E-state index contributed by atoms with van der Waals surface area (Å²) >= 11 is 0. The fourth-order valence-electron chi connectivity index (χ4n) is 2.89. The van der Waals surface area contributed by atoms with Gasteiger partial charge in [-0.15, -0.1) is 0 Å². The Kier molecular flexibility index (Phi) is 6.15. The van der Waals surface area contributed by atoms with E-state index in [1.54, 1.807) is 20.3 Å². The maximum absolute atomic E-state index is 8.94. The van der Waals surface area contributed by atoms with Gasteiger partial charge in [0, 0.05) is 17.1 Å². The van der Waals surface area contributed by atoms with Gasteiger partial charge in [0.15, 0.2) is 0 Å². The number of anilines is 3. The minimum Gasteiger partial charge on any atom is -0.497 e. The third kappa shape index (κ3) is 4.55. The van der Waals surface area contributed by atoms with Gasteiger partial charge in [0.25, 0.3) is 0 Å². The summed E-state index contributed by atoms with van der Waals surface area (Å²) in [6, 6.07) is 27.0. The number of hydrogen-bond donors (Lipinski definition) is 0. The molecule has 0 radical (unpaired) electrons. The minimum atomic E-state index is 0.0694. The first-order chi connectivity index (χ1) is 14.2. The van der Waals surface area contributed by atoms with Crippen LogP contribution in [0.4, 0.5) is 17.1 Å². The second-order valence-electron chi connectivity index (χ2n) is 6.10. The number of hydrogen-bond acceptors (Lipinski definition) is 5. The van der Waals surface area contributed by atoms with Crippen LogP contribution >= 0.6 is 0 Å². The van der Waals surface area contributed by atoms with E-state index >= 15 is 0 Å². The predicted octanol–water partition coefficient (Wildman–Crippen LogP) is 5.60. The van der Waals surface area contributed by atoms with Crippen LogP contribution in [-0.4, -0.2) is 14.2 Å². The molecule has 0 heterocycles. The van der Waals surface area contributed by atoms with Crippen LogP contribution in [0.25, 0.3) is 6.08 Å². The molecule has 3 rings (SSSR count). The highest BCUT2D eigenvalue weighted by atomic mass is 16.5. The number of nitrogens with zero attached hydrogens (tertiary/aromatic N) is 3. The van der Waals surface area contributed by atoms with Crippen LogP contribution in [0.15, 0.2) is 78.4 Å². The Bertz CT molecular complexity index is 1010. The number of ether oxygens (including phenoxy) is 2. The second-order valence-corrected chi connectivity index (χ2v) is 6.10. The Morgan fingerprint density at radius 1 is 0.690 bits per heavy atom. The van der Waals surface area contributed by atoms with Gasteiger partial charge >= 0.3 is 0 Å². The van der Waals surface area contributed by atoms with Crippen molar-refractivity contribution in [3.8, 4) is 23.6 Å². The van der Waals surface area contributed by atoms with E-state index in [-0.39, 0.29) is 5.57 Å². The molecule has 0 aliphatic rings. The van der Waals surface area contributed by atoms with Crippen molar-refractivity contribution in [2.45, 2.75) is 0 Å². The Labute approximate surface area is 170 Å². The Morgan fingerprint density at radius 3 is 1.41 bits per heavy atom. The van der Waals surface area contributed by atoms with Gasteiger partial charge in [-0.3, -0.25) is 0 Å². The van der Waals surface area contributed by atoms with E-state index in [0.29, 0.717) is 0 Å². The molecule has 0 saturated carbocycles. The van der Waals surface area contributed by atoms with Gasteiger partial charge in [-0.1, -0.05) is 12.1 Å². The molecular formula is C24H19N3O2. The fourth-order valence-corrected chi connectivity index (χ4v) is 2.89. The molecule has 29 heavy (non-hydrogen) atoms. The van der Waals surface area contributed by atoms with Crippen molar-refractivity contribution >= 4 is 23.1 Å². The molecule has 142 valence electrons. The molecule has 3 aromatic rings. The van der Waals surface area contributed by atoms with Gasteiger partial charge in [0.2, 0.25) is 0 Å². The molecular weight excluding hydrogens is 362 g/mol. The molecule has 0 saturated heterocycles. The lowest BCUT2D eigenvalue weighted by Crippen LogP contribution is -2.09. The standard InChI is InChI=1S/C24H19N3O2/c1-28-23-11-7-21(8-12-23)27(22-9-13-24(29-2)14-10-22)20-5-3-18(4-6-20)15-19(16-25)17-26/h3-15H,1-2H3. The van der Waals surface area contributed by atoms with Crippen LogP contribution < -0.4 is 14.4 Å². The average Bonchev–Trinajstić information content (AvgIpc) is 2.79. The smallest absolute Gasteiger partial charge is 0.130 e. The molecule has 5 nitrogen and oxygen atoms in total. The molecule has 0 amide bonds. The van der Waals surface area contributed by atoms with E-state index in [1.807, 2.05) is 84.9 Å². The van der Waals surface area contributed by atoms with Gasteiger partial charge in [-0.25, -0.2) is 0 Å². The number of methoxy groups -OCH3 is 2. The number of rotatable bonds is 6. The monoisotopic (exact) mass is 381 g/mol. The van der Waals surface area contributed by atoms with E-state index in [2.05, 4.69) is 4.90 Å². The van der Waals surface area contributed by atoms with Crippen LogP contribution in [0.3, 0.4) is 0 Å². The zero-order valence-electron chi connectivity index (χ0n) is 16.2. The molecule has 0 atom stereocenters. The van der Waals surface area contributed by atoms with Crippen LogP contribution in [-0.2, 0) is 0 Å². The summed E-state index contributed by atoms with van der Waals surface area (Å²) in [5.74, 6) is 1.56. The van der Waals surface area contributed by atoms with Gasteiger partial charge in [0.05, 0.1) is 14.2 Å². The molecule has 0 N–H and O–H groups in total. The molecule has 0 unspecified atom stereocenters. The van der Waals surface area contributed by atoms with Gasteiger partial charge < -0.3 is 14.4 Å².